The molecule has 4 rings (SSSR count). The van der Waals surface area contributed by atoms with Gasteiger partial charge in [-0.15, -0.1) is 0 Å². The third-order valence-electron chi connectivity index (χ3n) is 5.04. The summed E-state index contributed by atoms with van der Waals surface area (Å²) < 4.78 is 27.0. The van der Waals surface area contributed by atoms with E-state index in [-0.39, 0.29) is 11.8 Å². The molecule has 0 saturated heterocycles. The number of sulfonamides is 1. The molecule has 0 radical (unpaired) electrons. The van der Waals surface area contributed by atoms with Crippen molar-refractivity contribution in [2.75, 3.05) is 24.7 Å². The molecule has 1 aliphatic carbocycles. The first kappa shape index (κ1) is 19.7. The summed E-state index contributed by atoms with van der Waals surface area (Å²) in [6.45, 7) is 0. The number of carbonyl (C=O) groups is 1. The molecule has 8 nitrogen and oxygen atoms in total. The van der Waals surface area contributed by atoms with Gasteiger partial charge in [0, 0.05) is 25.7 Å². The molecule has 0 unspecified atom stereocenters. The highest BCUT2D eigenvalue weighted by Gasteiger charge is 2.31. The second-order valence-electron chi connectivity index (χ2n) is 7.11. The van der Waals surface area contributed by atoms with Crippen LogP contribution in [0, 0.1) is 0 Å². The van der Waals surface area contributed by atoms with Crippen LogP contribution in [-0.4, -0.2) is 49.4 Å². The first-order valence-corrected chi connectivity index (χ1v) is 11.3. The van der Waals surface area contributed by atoms with Crippen molar-refractivity contribution in [2.45, 2.75) is 18.8 Å². The quantitative estimate of drug-likeness (QED) is 0.667. The number of benzene rings is 1. The Balaban J connectivity index is 2.00. The molecule has 3 aromatic rings. The van der Waals surface area contributed by atoms with Crippen LogP contribution in [0.5, 0.6) is 0 Å². The zero-order valence-electron chi connectivity index (χ0n) is 16.2. The van der Waals surface area contributed by atoms with Gasteiger partial charge in [-0.05, 0) is 48.6 Å². The molecule has 1 N–H and O–H groups in total. The number of rotatable bonds is 5. The van der Waals surface area contributed by atoms with Gasteiger partial charge in [-0.3, -0.25) is 9.10 Å². The largest absolute Gasteiger partial charge is 0.354 e. The van der Waals surface area contributed by atoms with E-state index in [2.05, 4.69) is 15.4 Å². The maximum absolute atomic E-state index is 12.7. The molecule has 10 heteroatoms. The normalized spacial score (nSPS) is 14.2. The molecule has 29 heavy (non-hydrogen) atoms. The molecule has 1 fully saturated rings. The summed E-state index contributed by atoms with van der Waals surface area (Å²) in [4.78, 5) is 17.0. The minimum atomic E-state index is -3.44. The van der Waals surface area contributed by atoms with Gasteiger partial charge >= 0.3 is 0 Å². The van der Waals surface area contributed by atoms with Crippen LogP contribution < -0.4 is 9.62 Å². The monoisotopic (exact) mass is 433 g/mol. The number of pyridine rings is 1. The fourth-order valence-corrected chi connectivity index (χ4v) is 3.93. The van der Waals surface area contributed by atoms with E-state index in [1.807, 2.05) is 6.07 Å². The van der Waals surface area contributed by atoms with Gasteiger partial charge in [-0.1, -0.05) is 11.6 Å². The van der Waals surface area contributed by atoms with E-state index in [4.69, 9.17) is 11.6 Å². The molecule has 0 bridgehead atoms. The molecule has 2 aromatic heterocycles. The zero-order valence-corrected chi connectivity index (χ0v) is 17.8. The van der Waals surface area contributed by atoms with Crippen LogP contribution in [0.4, 0.5) is 5.69 Å². The van der Waals surface area contributed by atoms with Gasteiger partial charge in [0.2, 0.25) is 10.0 Å². The summed E-state index contributed by atoms with van der Waals surface area (Å²) in [7, 11) is -0.364. The van der Waals surface area contributed by atoms with E-state index in [1.54, 1.807) is 25.2 Å². The first-order chi connectivity index (χ1) is 13.7. The number of hydrogen-bond donors (Lipinski definition) is 1. The van der Waals surface area contributed by atoms with Crippen LogP contribution in [0.1, 0.15) is 34.8 Å². The minimum absolute atomic E-state index is 0.271. The standard InChI is InChI=1S/C19H20ClN5O3S/c1-21-19(26)18-14-8-13(11-4-5-11)16(24(2)29(3,27)28)9-15(14)23-25(18)17-7-6-12(20)10-22-17/h6-11H,4-5H2,1-3H3,(H,21,26). The molecule has 0 aliphatic heterocycles. The lowest BCUT2D eigenvalue weighted by Crippen LogP contribution is -2.26. The molecule has 1 aromatic carbocycles. The number of nitrogens with zero attached hydrogens (tertiary/aromatic N) is 4. The van der Waals surface area contributed by atoms with Gasteiger partial charge in [0.15, 0.2) is 5.82 Å². The van der Waals surface area contributed by atoms with Crippen molar-refractivity contribution in [3.05, 3.63) is 46.7 Å². The van der Waals surface area contributed by atoms with Gasteiger partial charge in [-0.2, -0.15) is 5.10 Å². The number of fused-ring (bicyclic) bond motifs is 1. The van der Waals surface area contributed by atoms with E-state index < -0.39 is 10.0 Å². The Morgan fingerprint density at radius 3 is 2.59 bits per heavy atom. The van der Waals surface area contributed by atoms with Crippen molar-refractivity contribution < 1.29 is 13.2 Å². The van der Waals surface area contributed by atoms with Crippen LogP contribution in [0.15, 0.2) is 30.5 Å². The predicted octanol–water partition coefficient (Wildman–Crippen LogP) is 2.71. The summed E-state index contributed by atoms with van der Waals surface area (Å²) in [5.74, 6) is 0.401. The SMILES string of the molecule is CNC(=O)c1c2cc(C3CC3)c(N(C)S(C)(=O)=O)cc2nn1-c1ccc(Cl)cn1. The Kier molecular flexibility index (Phi) is 4.74. The summed E-state index contributed by atoms with van der Waals surface area (Å²) in [6, 6.07) is 6.95. The van der Waals surface area contributed by atoms with Gasteiger partial charge in [0.05, 0.1) is 22.5 Å². The van der Waals surface area contributed by atoms with Crippen molar-refractivity contribution in [3.8, 4) is 5.82 Å². The second-order valence-corrected chi connectivity index (χ2v) is 9.56. The number of halogens is 1. The lowest BCUT2D eigenvalue weighted by molar-refractivity contribution is 0.0957. The summed E-state index contributed by atoms with van der Waals surface area (Å²) in [6.07, 6.45) is 4.62. The van der Waals surface area contributed by atoms with Crippen molar-refractivity contribution in [3.63, 3.8) is 0 Å². The smallest absolute Gasteiger partial charge is 0.270 e. The second kappa shape index (κ2) is 7.00. The third-order valence-corrected chi connectivity index (χ3v) is 6.46. The number of hydrogen-bond acceptors (Lipinski definition) is 5. The van der Waals surface area contributed by atoms with E-state index in [0.717, 1.165) is 18.4 Å². The number of aromatic nitrogens is 3. The number of nitrogens with one attached hydrogen (secondary N) is 1. The molecule has 0 spiro atoms. The highest BCUT2D eigenvalue weighted by atomic mass is 35.5. The number of amides is 1. The van der Waals surface area contributed by atoms with E-state index in [1.165, 1.54) is 28.5 Å². The molecule has 1 saturated carbocycles. The van der Waals surface area contributed by atoms with E-state index in [0.29, 0.717) is 33.1 Å². The Labute approximate surface area is 173 Å². The van der Waals surface area contributed by atoms with Crippen molar-refractivity contribution in [1.29, 1.82) is 0 Å². The third kappa shape index (κ3) is 3.56. The predicted molar refractivity (Wildman–Crippen MR) is 112 cm³/mol. The van der Waals surface area contributed by atoms with Gasteiger partial charge < -0.3 is 5.32 Å². The number of anilines is 1. The Bertz CT molecular complexity index is 1220. The maximum atomic E-state index is 12.7. The molecule has 152 valence electrons. The minimum Gasteiger partial charge on any atom is -0.354 e. The molecule has 1 amide bonds. The number of carbonyl (C=O) groups excluding carboxylic acids is 1. The van der Waals surface area contributed by atoms with Crippen molar-refractivity contribution in [2.24, 2.45) is 0 Å². The molecule has 1 aliphatic rings. The molecule has 0 atom stereocenters. The van der Waals surface area contributed by atoms with Gasteiger partial charge in [0.25, 0.3) is 5.91 Å². The Morgan fingerprint density at radius 1 is 1.31 bits per heavy atom. The average molecular weight is 434 g/mol. The van der Waals surface area contributed by atoms with E-state index in [9.17, 15) is 13.2 Å². The summed E-state index contributed by atoms with van der Waals surface area (Å²) >= 11 is 5.93. The van der Waals surface area contributed by atoms with Crippen LogP contribution in [0.25, 0.3) is 16.7 Å². The van der Waals surface area contributed by atoms with Crippen LogP contribution in [0.3, 0.4) is 0 Å². The maximum Gasteiger partial charge on any atom is 0.270 e. The van der Waals surface area contributed by atoms with Gasteiger partial charge in [-0.25, -0.2) is 18.1 Å². The highest BCUT2D eigenvalue weighted by molar-refractivity contribution is 7.92. The fraction of sp³-hybridized carbons (Fsp3) is 0.316. The molecule has 2 heterocycles. The average Bonchev–Trinajstić information content (AvgIpc) is 3.46. The Hall–Kier alpha value is -2.65. The summed E-state index contributed by atoms with van der Waals surface area (Å²) in [5, 5.41) is 8.32. The highest BCUT2D eigenvalue weighted by Crippen LogP contribution is 2.46. The topological polar surface area (TPSA) is 97.2 Å². The lowest BCUT2D eigenvalue weighted by atomic mass is 10.0. The first-order valence-electron chi connectivity index (χ1n) is 9.05. The lowest BCUT2D eigenvalue weighted by Gasteiger charge is -2.20. The van der Waals surface area contributed by atoms with Crippen LogP contribution in [-0.2, 0) is 10.0 Å². The fourth-order valence-electron chi connectivity index (χ4n) is 3.31. The van der Waals surface area contributed by atoms with Crippen molar-refractivity contribution >= 4 is 44.1 Å². The van der Waals surface area contributed by atoms with Crippen LogP contribution >= 0.6 is 11.6 Å². The molecular weight excluding hydrogens is 414 g/mol. The molecular formula is C19H20ClN5O3S. The van der Waals surface area contributed by atoms with Crippen LogP contribution in [0.2, 0.25) is 5.02 Å². The van der Waals surface area contributed by atoms with Gasteiger partial charge in [0.1, 0.15) is 5.69 Å². The van der Waals surface area contributed by atoms with Crippen molar-refractivity contribution in [1.82, 2.24) is 20.1 Å². The summed E-state index contributed by atoms with van der Waals surface area (Å²) in [5.41, 5.74) is 2.34. The van der Waals surface area contributed by atoms with E-state index >= 15 is 0 Å². The Morgan fingerprint density at radius 2 is 2.03 bits per heavy atom. The zero-order chi connectivity index (χ0) is 20.9.